The van der Waals surface area contributed by atoms with Crippen LogP contribution in [0.3, 0.4) is 0 Å². The molecule has 30 heavy (non-hydrogen) atoms. The van der Waals surface area contributed by atoms with Gasteiger partial charge in [-0.25, -0.2) is 0 Å². The molecule has 10 nitrogen and oxygen atoms in total. The van der Waals surface area contributed by atoms with Gasteiger partial charge in [-0.2, -0.15) is 0 Å². The molecular weight excluding hydrogens is 418 g/mol. The number of carbonyl (C=O) groups excluding carboxylic acids is 1. The Bertz CT molecular complexity index is 647. The maximum absolute atomic E-state index is 10.4. The Kier molecular flexibility index (Phi) is 17.1. The Morgan fingerprint density at radius 3 is 1.83 bits per heavy atom. The molecule has 1 aromatic carbocycles. The Balaban J connectivity index is 0. The summed E-state index contributed by atoms with van der Waals surface area (Å²) in [6.45, 7) is 3.57. The van der Waals surface area contributed by atoms with E-state index in [4.69, 9.17) is 26.8 Å². The molecule has 0 bridgehead atoms. The molecule has 2 rings (SSSR count). The molecule has 0 radical (unpaired) electrons. The lowest BCUT2D eigenvalue weighted by atomic mass is 10.1. The number of benzene rings is 1. The summed E-state index contributed by atoms with van der Waals surface area (Å²) in [6.07, 6.45) is 2.17. The minimum absolute atomic E-state index is 0.269. The van der Waals surface area contributed by atoms with E-state index in [9.17, 15) is 19.2 Å². The molecular formula is C19H30ClN3O7. The van der Waals surface area contributed by atoms with E-state index >= 15 is 0 Å². The molecule has 1 saturated heterocycles. The van der Waals surface area contributed by atoms with Crippen molar-refractivity contribution in [3.63, 3.8) is 0 Å². The highest BCUT2D eigenvalue weighted by atomic mass is 35.5. The minimum atomic E-state index is -0.963. The second-order valence-corrected chi connectivity index (χ2v) is 6.75. The highest BCUT2D eigenvalue weighted by Crippen LogP contribution is 2.03. The third-order valence-electron chi connectivity index (χ3n) is 3.36. The van der Waals surface area contributed by atoms with Gasteiger partial charge < -0.3 is 32.1 Å². The molecule has 0 aromatic heterocycles. The summed E-state index contributed by atoms with van der Waals surface area (Å²) in [6, 6.07) is 7.54. The number of aliphatic carboxylic acids is 3. The van der Waals surface area contributed by atoms with Crippen LogP contribution in [0.5, 0.6) is 0 Å². The zero-order valence-electron chi connectivity index (χ0n) is 17.0. The lowest BCUT2D eigenvalue weighted by Crippen LogP contribution is -2.32. The zero-order valence-corrected chi connectivity index (χ0v) is 17.7. The van der Waals surface area contributed by atoms with Crippen LogP contribution in [-0.2, 0) is 25.6 Å². The Morgan fingerprint density at radius 2 is 1.57 bits per heavy atom. The number of halogens is 1. The fourth-order valence-electron chi connectivity index (χ4n) is 1.85. The van der Waals surface area contributed by atoms with E-state index in [0.717, 1.165) is 24.9 Å². The van der Waals surface area contributed by atoms with Gasteiger partial charge in [0, 0.05) is 6.92 Å². The van der Waals surface area contributed by atoms with Gasteiger partial charge in [0.2, 0.25) is 5.24 Å². The predicted octanol–water partition coefficient (Wildman–Crippen LogP) is 0.654. The number of rotatable bonds is 5. The molecule has 1 aromatic rings. The van der Waals surface area contributed by atoms with E-state index in [-0.39, 0.29) is 11.3 Å². The Morgan fingerprint density at radius 1 is 1.10 bits per heavy atom. The van der Waals surface area contributed by atoms with Crippen molar-refractivity contribution in [2.24, 2.45) is 11.5 Å². The Hall–Kier alpha value is -2.53. The first-order valence-corrected chi connectivity index (χ1v) is 9.39. The van der Waals surface area contributed by atoms with Crippen molar-refractivity contribution in [1.82, 2.24) is 5.32 Å². The lowest BCUT2D eigenvalue weighted by Gasteiger charge is -2.04. The van der Waals surface area contributed by atoms with Gasteiger partial charge in [-0.05, 0) is 49.9 Å². The maximum Gasteiger partial charge on any atom is 0.320 e. The standard InChI is InChI=1S/C9H11NO2.C5H9NO2.C3H7NO2.C2H3ClO/c10-8(9(11)12)6-7-4-2-1-3-5-7;7-5(8)4-2-1-3-6-4;1-2(4)3(5)6;1-2(3)4/h1-5,8H,6,10H2,(H,11,12);4,6H,1-3H2,(H,7,8);2H,4H2,1H3,(H,5,6);1H3/t8-;4-;2-;/m000./s1. The van der Waals surface area contributed by atoms with Crippen molar-refractivity contribution in [1.29, 1.82) is 0 Å². The number of carbonyl (C=O) groups is 4. The monoisotopic (exact) mass is 447 g/mol. The third kappa shape index (κ3) is 18.8. The molecule has 1 aliphatic rings. The van der Waals surface area contributed by atoms with E-state index in [1.54, 1.807) is 0 Å². The van der Waals surface area contributed by atoms with E-state index < -0.39 is 30.0 Å². The topological polar surface area (TPSA) is 193 Å². The van der Waals surface area contributed by atoms with E-state index in [2.05, 4.69) is 16.9 Å². The molecule has 170 valence electrons. The third-order valence-corrected chi connectivity index (χ3v) is 3.36. The zero-order chi connectivity index (χ0) is 23.7. The molecule has 8 N–H and O–H groups in total. The molecule has 0 unspecified atom stereocenters. The van der Waals surface area contributed by atoms with Crippen LogP contribution in [0.25, 0.3) is 0 Å². The second kappa shape index (κ2) is 17.3. The van der Waals surface area contributed by atoms with E-state index in [0.29, 0.717) is 6.42 Å². The number of carboxylic acid groups (broad SMARTS) is 3. The number of hydrogen-bond donors (Lipinski definition) is 6. The fraction of sp³-hybridized carbons (Fsp3) is 0.474. The average Bonchev–Trinajstić information content (AvgIpc) is 3.18. The van der Waals surface area contributed by atoms with Crippen LogP contribution < -0.4 is 16.8 Å². The van der Waals surface area contributed by atoms with E-state index in [1.807, 2.05) is 30.3 Å². The van der Waals surface area contributed by atoms with Crippen molar-refractivity contribution >= 4 is 34.8 Å². The number of nitrogens with one attached hydrogen (secondary N) is 1. The summed E-state index contributed by atoms with van der Waals surface area (Å²) >= 11 is 4.64. The summed E-state index contributed by atoms with van der Waals surface area (Å²) in [4.78, 5) is 39.3. The van der Waals surface area contributed by atoms with Gasteiger partial charge >= 0.3 is 17.9 Å². The van der Waals surface area contributed by atoms with Crippen LogP contribution in [0.1, 0.15) is 32.3 Å². The first-order valence-electron chi connectivity index (χ1n) is 9.01. The SMILES string of the molecule is CC(=O)Cl.C[C@H](N)C(=O)O.N[C@@H](Cc1ccccc1)C(=O)O.O=C(O)[C@@H]1CCCN1. The molecule has 3 atom stereocenters. The summed E-state index contributed by atoms with van der Waals surface area (Å²) in [5.74, 6) is -2.64. The van der Waals surface area contributed by atoms with Gasteiger partial charge in [0.1, 0.15) is 18.1 Å². The Labute approximate surface area is 180 Å². The van der Waals surface area contributed by atoms with Crippen molar-refractivity contribution < 1.29 is 34.5 Å². The number of carboxylic acids is 3. The van der Waals surface area contributed by atoms with Crippen LogP contribution in [0.15, 0.2) is 30.3 Å². The molecule has 1 heterocycles. The van der Waals surface area contributed by atoms with Crippen LogP contribution in [-0.4, -0.2) is 63.1 Å². The van der Waals surface area contributed by atoms with Crippen LogP contribution in [0, 0.1) is 0 Å². The molecule has 11 heteroatoms. The van der Waals surface area contributed by atoms with Crippen molar-refractivity contribution in [2.45, 2.75) is 51.2 Å². The highest BCUT2D eigenvalue weighted by Gasteiger charge is 2.20. The largest absolute Gasteiger partial charge is 0.480 e. The van der Waals surface area contributed by atoms with Gasteiger partial charge in [-0.3, -0.25) is 19.2 Å². The summed E-state index contributed by atoms with van der Waals surface area (Å²) < 4.78 is 0. The molecule has 1 fully saturated rings. The normalized spacial score (nSPS) is 16.1. The summed E-state index contributed by atoms with van der Waals surface area (Å²) in [5, 5.41) is 27.2. The van der Waals surface area contributed by atoms with Gasteiger partial charge in [-0.15, -0.1) is 0 Å². The number of hydrogen-bond acceptors (Lipinski definition) is 7. The fourth-order valence-corrected chi connectivity index (χ4v) is 1.85. The molecule has 0 saturated carbocycles. The van der Waals surface area contributed by atoms with Gasteiger partial charge in [-0.1, -0.05) is 30.3 Å². The summed E-state index contributed by atoms with van der Waals surface area (Å²) in [7, 11) is 0. The second-order valence-electron chi connectivity index (χ2n) is 6.22. The molecule has 1 aliphatic heterocycles. The van der Waals surface area contributed by atoms with E-state index in [1.165, 1.54) is 13.8 Å². The lowest BCUT2D eigenvalue weighted by molar-refractivity contribution is -0.139. The number of nitrogens with two attached hydrogens (primary N) is 2. The maximum atomic E-state index is 10.4. The smallest absolute Gasteiger partial charge is 0.320 e. The average molecular weight is 448 g/mol. The quantitative estimate of drug-likeness (QED) is 0.349. The van der Waals surface area contributed by atoms with Gasteiger partial charge in [0.15, 0.2) is 0 Å². The first kappa shape index (κ1) is 29.7. The van der Waals surface area contributed by atoms with Crippen molar-refractivity contribution in [2.75, 3.05) is 6.54 Å². The summed E-state index contributed by atoms with van der Waals surface area (Å²) in [5.41, 5.74) is 11.1. The highest BCUT2D eigenvalue weighted by molar-refractivity contribution is 6.62. The van der Waals surface area contributed by atoms with Crippen molar-refractivity contribution in [3.05, 3.63) is 35.9 Å². The first-order chi connectivity index (χ1) is 13.9. The molecule has 0 spiro atoms. The van der Waals surface area contributed by atoms with Crippen LogP contribution in [0.2, 0.25) is 0 Å². The van der Waals surface area contributed by atoms with Crippen LogP contribution in [0.4, 0.5) is 0 Å². The molecule has 0 aliphatic carbocycles. The molecule has 0 amide bonds. The predicted molar refractivity (Wildman–Crippen MR) is 112 cm³/mol. The van der Waals surface area contributed by atoms with Gasteiger partial charge in [0.05, 0.1) is 0 Å². The minimum Gasteiger partial charge on any atom is -0.480 e. The van der Waals surface area contributed by atoms with Gasteiger partial charge in [0.25, 0.3) is 0 Å². The van der Waals surface area contributed by atoms with Crippen molar-refractivity contribution in [3.8, 4) is 0 Å². The van der Waals surface area contributed by atoms with Crippen LogP contribution >= 0.6 is 11.6 Å².